The maximum atomic E-state index is 13.0. The minimum Gasteiger partial charge on any atom is -0.492 e. The van der Waals surface area contributed by atoms with Crippen LogP contribution in [0.3, 0.4) is 0 Å². The Morgan fingerprint density at radius 2 is 1.83 bits per heavy atom. The van der Waals surface area contributed by atoms with Crippen molar-refractivity contribution in [2.45, 2.75) is 87.5 Å². The average molecular weight is 589 g/mol. The molecule has 10 nitrogen and oxygen atoms in total. The number of carbonyl (C=O) groups excluding carboxylic acids is 1. The number of rotatable bonds is 8. The summed E-state index contributed by atoms with van der Waals surface area (Å²) >= 11 is 1.37. The number of aliphatic hydroxyl groups is 3. The maximum absolute atomic E-state index is 13.0. The number of ether oxygens (including phenoxy) is 3. The summed E-state index contributed by atoms with van der Waals surface area (Å²) in [5, 5.41) is 37.3. The van der Waals surface area contributed by atoms with E-state index in [1.54, 1.807) is 33.3 Å². The third kappa shape index (κ3) is 6.34. The van der Waals surface area contributed by atoms with Crippen LogP contribution in [0.5, 0.6) is 11.5 Å². The molecule has 2 aromatic rings. The Morgan fingerprint density at radius 3 is 2.46 bits per heavy atom. The monoisotopic (exact) mass is 588 g/mol. The molecule has 0 spiro atoms. The second-order valence-corrected chi connectivity index (χ2v) is 11.6. The summed E-state index contributed by atoms with van der Waals surface area (Å²) < 4.78 is 17.6. The zero-order valence-electron chi connectivity index (χ0n) is 24.3. The molecule has 0 bridgehead atoms. The number of anilines is 1. The van der Waals surface area contributed by atoms with Gasteiger partial charge in [0.15, 0.2) is 16.9 Å². The number of methoxy groups -OCH3 is 2. The van der Waals surface area contributed by atoms with Crippen molar-refractivity contribution < 1.29 is 34.3 Å². The van der Waals surface area contributed by atoms with Gasteiger partial charge in [-0.05, 0) is 74.3 Å². The Labute approximate surface area is 244 Å². The van der Waals surface area contributed by atoms with Crippen LogP contribution >= 0.6 is 11.8 Å². The summed E-state index contributed by atoms with van der Waals surface area (Å²) in [6.45, 7) is 5.05. The molecule has 41 heavy (non-hydrogen) atoms. The van der Waals surface area contributed by atoms with Gasteiger partial charge in [-0.3, -0.25) is 9.59 Å². The number of amides is 1. The number of thioether (sulfide) groups is 1. The molecule has 1 aliphatic heterocycles. The van der Waals surface area contributed by atoms with Gasteiger partial charge in [-0.25, -0.2) is 0 Å². The molecule has 1 aliphatic carbocycles. The molecule has 1 saturated heterocycles. The molecule has 2 aromatic carbocycles. The molecule has 0 aromatic heterocycles. The molecule has 2 aliphatic rings. The van der Waals surface area contributed by atoms with Crippen molar-refractivity contribution in [1.82, 2.24) is 5.32 Å². The lowest BCUT2D eigenvalue weighted by atomic mass is 9.92. The molecule has 0 radical (unpaired) electrons. The van der Waals surface area contributed by atoms with E-state index in [1.807, 2.05) is 25.3 Å². The lowest BCUT2D eigenvalue weighted by Crippen LogP contribution is -2.57. The summed E-state index contributed by atoms with van der Waals surface area (Å²) in [5.74, 6) is 0.778. The van der Waals surface area contributed by atoms with Crippen molar-refractivity contribution in [1.29, 1.82) is 0 Å². The molecule has 7 atom stereocenters. The number of fused-ring (bicyclic) bond motifs is 3. The van der Waals surface area contributed by atoms with Gasteiger partial charge < -0.3 is 40.2 Å². The van der Waals surface area contributed by atoms with Crippen molar-refractivity contribution in [2.24, 2.45) is 0 Å². The summed E-state index contributed by atoms with van der Waals surface area (Å²) in [7, 11) is 3.12. The Balaban J connectivity index is 1.77. The fourth-order valence-corrected chi connectivity index (χ4v) is 6.32. The molecule has 224 valence electrons. The van der Waals surface area contributed by atoms with E-state index in [1.165, 1.54) is 18.7 Å². The third-order valence-corrected chi connectivity index (χ3v) is 8.63. The summed E-state index contributed by atoms with van der Waals surface area (Å²) in [5.41, 5.74) is 3.81. The van der Waals surface area contributed by atoms with Gasteiger partial charge in [0.1, 0.15) is 18.3 Å². The molecule has 1 fully saturated rings. The first-order chi connectivity index (χ1) is 19.5. The van der Waals surface area contributed by atoms with Crippen LogP contribution in [0, 0.1) is 0 Å². The van der Waals surface area contributed by atoms with Crippen LogP contribution in [-0.4, -0.2) is 78.3 Å². The fraction of sp³-hybridized carbons (Fsp3) is 0.533. The fourth-order valence-electron chi connectivity index (χ4n) is 5.86. The Kier molecular flexibility index (Phi) is 9.86. The van der Waals surface area contributed by atoms with Crippen LogP contribution in [0.1, 0.15) is 50.8 Å². The van der Waals surface area contributed by atoms with Gasteiger partial charge >= 0.3 is 0 Å². The summed E-state index contributed by atoms with van der Waals surface area (Å²) in [6.07, 6.45) is -1.61. The number of aryl methyl sites for hydroxylation is 1. The minimum absolute atomic E-state index is 0.116. The van der Waals surface area contributed by atoms with Crippen molar-refractivity contribution in [3.8, 4) is 22.6 Å². The van der Waals surface area contributed by atoms with E-state index in [0.717, 1.165) is 22.3 Å². The molecule has 1 heterocycles. The summed E-state index contributed by atoms with van der Waals surface area (Å²) in [4.78, 5) is 25.7. The molecule has 5 N–H and O–H groups in total. The number of carbonyl (C=O) groups is 1. The van der Waals surface area contributed by atoms with E-state index in [4.69, 9.17) is 14.2 Å². The van der Waals surface area contributed by atoms with Crippen molar-refractivity contribution in [2.75, 3.05) is 25.8 Å². The largest absolute Gasteiger partial charge is 0.492 e. The van der Waals surface area contributed by atoms with E-state index in [0.29, 0.717) is 41.3 Å². The van der Waals surface area contributed by atoms with Gasteiger partial charge in [-0.1, -0.05) is 6.07 Å². The highest BCUT2D eigenvalue weighted by Crippen LogP contribution is 2.49. The van der Waals surface area contributed by atoms with E-state index in [2.05, 4.69) is 10.6 Å². The third-order valence-electron chi connectivity index (χ3n) is 7.85. The standard InChI is InChI=1S/C30H40N2O8S/c1-14(11-23-27(36)28(37)26(35)15(2)40-23)31-21-12-17-7-9-20(32-16(3)33)19-13-22(34)24(41-6)10-8-18(19)25(17)30(39-5)29(21)38-4/h8,10,12-15,20,23,26-28,31,35-37H,7,9,11H2,1-6H3,(H,32,33)/t14-,15+,20+,23?,26-,27-,28-/m1/s1. The number of nitrogens with one attached hydrogen (secondary N) is 2. The highest BCUT2D eigenvalue weighted by molar-refractivity contribution is 7.98. The summed E-state index contributed by atoms with van der Waals surface area (Å²) in [6, 6.07) is 6.71. The second-order valence-electron chi connectivity index (χ2n) is 10.7. The number of benzene rings is 1. The van der Waals surface area contributed by atoms with Crippen molar-refractivity contribution >= 4 is 23.4 Å². The van der Waals surface area contributed by atoms with Crippen LogP contribution in [0.4, 0.5) is 5.69 Å². The molecule has 1 unspecified atom stereocenters. The maximum Gasteiger partial charge on any atom is 0.217 e. The molecule has 0 saturated carbocycles. The van der Waals surface area contributed by atoms with Crippen molar-refractivity contribution in [3.63, 3.8) is 0 Å². The van der Waals surface area contributed by atoms with Gasteiger partial charge in [0.2, 0.25) is 5.91 Å². The average Bonchev–Trinajstić information content (AvgIpc) is 3.17. The molecular weight excluding hydrogens is 548 g/mol. The lowest BCUT2D eigenvalue weighted by Gasteiger charge is -2.40. The predicted octanol–water partition coefficient (Wildman–Crippen LogP) is 2.64. The highest BCUT2D eigenvalue weighted by atomic mass is 32.2. The second kappa shape index (κ2) is 13.0. The number of hydrogen-bond acceptors (Lipinski definition) is 10. The Morgan fingerprint density at radius 1 is 1.12 bits per heavy atom. The Hall–Kier alpha value is -2.83. The molecule has 4 rings (SSSR count). The normalized spacial score (nSPS) is 26.2. The number of hydrogen-bond donors (Lipinski definition) is 5. The van der Waals surface area contributed by atoms with Crippen molar-refractivity contribution in [3.05, 3.63) is 45.6 Å². The smallest absolute Gasteiger partial charge is 0.217 e. The van der Waals surface area contributed by atoms with E-state index in [9.17, 15) is 24.9 Å². The Bertz CT molecular complexity index is 1340. The quantitative estimate of drug-likeness (QED) is 0.292. The van der Waals surface area contributed by atoms with Gasteiger partial charge in [0.05, 0.1) is 43.1 Å². The van der Waals surface area contributed by atoms with E-state index >= 15 is 0 Å². The van der Waals surface area contributed by atoms with Crippen LogP contribution in [-0.2, 0) is 16.0 Å². The van der Waals surface area contributed by atoms with E-state index in [-0.39, 0.29) is 23.4 Å². The molecular formula is C30H40N2O8S. The minimum atomic E-state index is -1.29. The zero-order chi connectivity index (χ0) is 30.0. The lowest BCUT2D eigenvalue weighted by molar-refractivity contribution is -0.218. The first-order valence-electron chi connectivity index (χ1n) is 13.7. The van der Waals surface area contributed by atoms with Gasteiger partial charge in [-0.15, -0.1) is 11.8 Å². The van der Waals surface area contributed by atoms with Crippen LogP contribution < -0.4 is 25.5 Å². The van der Waals surface area contributed by atoms with Crippen LogP contribution in [0.25, 0.3) is 11.1 Å². The highest BCUT2D eigenvalue weighted by Gasteiger charge is 2.42. The van der Waals surface area contributed by atoms with Gasteiger partial charge in [-0.2, -0.15) is 0 Å². The topological polar surface area (TPSA) is 147 Å². The van der Waals surface area contributed by atoms with Gasteiger partial charge in [0.25, 0.3) is 0 Å². The van der Waals surface area contributed by atoms with Crippen LogP contribution in [0.2, 0.25) is 0 Å². The van der Waals surface area contributed by atoms with Crippen LogP contribution in [0.15, 0.2) is 34.0 Å². The first kappa shape index (κ1) is 31.1. The predicted molar refractivity (Wildman–Crippen MR) is 158 cm³/mol. The van der Waals surface area contributed by atoms with E-state index < -0.39 is 30.5 Å². The SMILES string of the molecule is COc1c(N[C@H](C)CC2O[C@@H](C)[C@@H](O)[C@@H](O)[C@@H]2O)cc2c(c1OC)-c1ccc(SC)c(=O)cc1[C@@H](NC(C)=O)CC2. The first-order valence-corrected chi connectivity index (χ1v) is 15.0. The zero-order valence-corrected chi connectivity index (χ0v) is 25.1. The van der Waals surface area contributed by atoms with Gasteiger partial charge in [0, 0.05) is 18.5 Å². The number of aliphatic hydroxyl groups excluding tert-OH is 3. The molecule has 11 heteroatoms. The molecule has 1 amide bonds.